The van der Waals surface area contributed by atoms with Gasteiger partial charge in [0.1, 0.15) is 4.90 Å². The van der Waals surface area contributed by atoms with E-state index in [1.807, 2.05) is 13.1 Å². The maximum absolute atomic E-state index is 12.5. The molecule has 0 aliphatic heterocycles. The second-order valence-corrected chi connectivity index (χ2v) is 9.90. The predicted molar refractivity (Wildman–Crippen MR) is 97.4 cm³/mol. The van der Waals surface area contributed by atoms with Crippen molar-refractivity contribution in [1.29, 1.82) is 0 Å². The zero-order valence-electron chi connectivity index (χ0n) is 10.8. The lowest BCUT2D eigenvalue weighted by molar-refractivity contribution is 0.601. The standard InChI is InChI=1S/C12H11Br3N2O2S2/c1-16-6-7-5-10(12(15)20-7)21(18,19)17-11-8(13)3-2-4-9(11)14/h2-5,16-17H,6H2,1H3. The van der Waals surface area contributed by atoms with Crippen molar-refractivity contribution in [3.8, 4) is 0 Å². The summed E-state index contributed by atoms with van der Waals surface area (Å²) in [6.45, 7) is 0.623. The molecule has 4 nitrogen and oxygen atoms in total. The highest BCUT2D eigenvalue weighted by molar-refractivity contribution is 9.11. The first kappa shape index (κ1) is 17.4. The van der Waals surface area contributed by atoms with E-state index in [2.05, 4.69) is 57.8 Å². The molecule has 0 unspecified atom stereocenters. The van der Waals surface area contributed by atoms with Gasteiger partial charge in [0.05, 0.1) is 9.47 Å². The van der Waals surface area contributed by atoms with Gasteiger partial charge in [0.15, 0.2) is 0 Å². The Labute approximate surface area is 152 Å². The van der Waals surface area contributed by atoms with Gasteiger partial charge < -0.3 is 5.32 Å². The fraction of sp³-hybridized carbons (Fsp3) is 0.167. The average Bonchev–Trinajstić information content (AvgIpc) is 2.76. The molecule has 0 amide bonds. The third-order valence-corrected chi connectivity index (χ3v) is 7.47. The van der Waals surface area contributed by atoms with Crippen molar-refractivity contribution in [3.05, 3.63) is 41.9 Å². The maximum atomic E-state index is 12.5. The molecule has 0 bridgehead atoms. The first-order valence-electron chi connectivity index (χ1n) is 5.75. The number of halogens is 3. The van der Waals surface area contributed by atoms with Crippen LogP contribution >= 0.6 is 59.1 Å². The SMILES string of the molecule is CNCc1cc(S(=O)(=O)Nc2c(Br)cccc2Br)c(Br)s1. The van der Waals surface area contributed by atoms with E-state index in [1.165, 1.54) is 11.3 Å². The lowest BCUT2D eigenvalue weighted by Gasteiger charge is -2.10. The molecular formula is C12H11Br3N2O2S2. The highest BCUT2D eigenvalue weighted by Gasteiger charge is 2.22. The first-order chi connectivity index (χ1) is 9.85. The molecule has 0 saturated carbocycles. The summed E-state index contributed by atoms with van der Waals surface area (Å²) >= 11 is 11.4. The molecule has 0 fully saturated rings. The van der Waals surface area contributed by atoms with Crippen LogP contribution in [0.4, 0.5) is 5.69 Å². The number of rotatable bonds is 5. The first-order valence-corrected chi connectivity index (χ1v) is 10.4. The zero-order valence-corrected chi connectivity index (χ0v) is 17.2. The quantitative estimate of drug-likeness (QED) is 0.610. The van der Waals surface area contributed by atoms with Crippen molar-refractivity contribution in [2.45, 2.75) is 11.4 Å². The minimum atomic E-state index is -3.66. The fourth-order valence-corrected chi connectivity index (χ4v) is 6.88. The van der Waals surface area contributed by atoms with Gasteiger partial charge in [0, 0.05) is 20.4 Å². The van der Waals surface area contributed by atoms with E-state index in [1.54, 1.807) is 18.2 Å². The van der Waals surface area contributed by atoms with E-state index in [0.29, 0.717) is 25.0 Å². The summed E-state index contributed by atoms with van der Waals surface area (Å²) < 4.78 is 29.6. The van der Waals surface area contributed by atoms with Crippen LogP contribution in [0, 0.1) is 0 Å². The van der Waals surface area contributed by atoms with Crippen LogP contribution in [0.1, 0.15) is 4.88 Å². The normalized spacial score (nSPS) is 11.6. The highest BCUT2D eigenvalue weighted by atomic mass is 79.9. The van der Waals surface area contributed by atoms with Crippen molar-refractivity contribution < 1.29 is 8.42 Å². The number of hydrogen-bond acceptors (Lipinski definition) is 4. The van der Waals surface area contributed by atoms with Gasteiger partial charge in [-0.15, -0.1) is 11.3 Å². The molecule has 0 aliphatic carbocycles. The number of anilines is 1. The Bertz CT molecular complexity index is 740. The molecule has 0 atom stereocenters. The second-order valence-electron chi connectivity index (χ2n) is 4.08. The summed E-state index contributed by atoms with van der Waals surface area (Å²) in [6.07, 6.45) is 0. The van der Waals surface area contributed by atoms with Crippen molar-refractivity contribution >= 4 is 74.8 Å². The summed E-state index contributed by atoms with van der Waals surface area (Å²) in [6, 6.07) is 7.03. The minimum absolute atomic E-state index is 0.236. The van der Waals surface area contributed by atoms with Crippen molar-refractivity contribution in [2.24, 2.45) is 0 Å². The molecule has 0 spiro atoms. The summed E-state index contributed by atoms with van der Waals surface area (Å²) in [5.74, 6) is 0. The van der Waals surface area contributed by atoms with Crippen LogP contribution in [0.25, 0.3) is 0 Å². The molecule has 114 valence electrons. The van der Waals surface area contributed by atoms with Gasteiger partial charge in [-0.25, -0.2) is 8.42 Å². The number of thiophene rings is 1. The molecular weight excluding hydrogens is 508 g/mol. The molecule has 1 aromatic carbocycles. The Morgan fingerprint density at radius 2 is 1.81 bits per heavy atom. The third-order valence-electron chi connectivity index (χ3n) is 2.55. The zero-order chi connectivity index (χ0) is 15.6. The van der Waals surface area contributed by atoms with Gasteiger partial charge in [-0.3, -0.25) is 4.72 Å². The lowest BCUT2D eigenvalue weighted by atomic mass is 10.3. The summed E-state index contributed by atoms with van der Waals surface area (Å²) in [5.41, 5.74) is 0.478. The molecule has 1 aromatic heterocycles. The number of nitrogens with one attached hydrogen (secondary N) is 2. The van der Waals surface area contributed by atoms with Crippen LogP contribution in [-0.2, 0) is 16.6 Å². The lowest BCUT2D eigenvalue weighted by Crippen LogP contribution is -2.13. The smallest absolute Gasteiger partial charge is 0.263 e. The fourth-order valence-electron chi connectivity index (χ4n) is 1.63. The largest absolute Gasteiger partial charge is 0.315 e. The van der Waals surface area contributed by atoms with Gasteiger partial charge in [0.25, 0.3) is 10.0 Å². The third kappa shape index (κ3) is 4.08. The molecule has 1 heterocycles. The number of para-hydroxylation sites is 1. The Balaban J connectivity index is 2.39. The van der Waals surface area contributed by atoms with E-state index >= 15 is 0 Å². The van der Waals surface area contributed by atoms with Crippen LogP contribution in [0.15, 0.2) is 41.9 Å². The monoisotopic (exact) mass is 516 g/mol. The molecule has 0 radical (unpaired) electrons. The van der Waals surface area contributed by atoms with Crippen LogP contribution < -0.4 is 10.0 Å². The van der Waals surface area contributed by atoms with Gasteiger partial charge in [-0.2, -0.15) is 0 Å². The Morgan fingerprint density at radius 1 is 1.19 bits per heavy atom. The van der Waals surface area contributed by atoms with E-state index in [9.17, 15) is 8.42 Å². The van der Waals surface area contributed by atoms with Gasteiger partial charge >= 0.3 is 0 Å². The van der Waals surface area contributed by atoms with Gasteiger partial charge in [0.2, 0.25) is 0 Å². The van der Waals surface area contributed by atoms with E-state index < -0.39 is 10.0 Å². The maximum Gasteiger partial charge on any atom is 0.263 e. The average molecular weight is 519 g/mol. The Kier molecular flexibility index (Phi) is 5.89. The minimum Gasteiger partial charge on any atom is -0.315 e. The predicted octanol–water partition coefficient (Wildman–Crippen LogP) is 4.56. The topological polar surface area (TPSA) is 58.2 Å². The molecule has 2 N–H and O–H groups in total. The van der Waals surface area contributed by atoms with E-state index in [-0.39, 0.29) is 4.90 Å². The molecule has 21 heavy (non-hydrogen) atoms. The Morgan fingerprint density at radius 3 is 2.38 bits per heavy atom. The van der Waals surface area contributed by atoms with Crippen LogP contribution in [-0.4, -0.2) is 15.5 Å². The molecule has 2 aromatic rings. The van der Waals surface area contributed by atoms with Crippen molar-refractivity contribution in [2.75, 3.05) is 11.8 Å². The highest BCUT2D eigenvalue weighted by Crippen LogP contribution is 2.36. The molecule has 0 aliphatic rings. The number of sulfonamides is 1. The Hall–Kier alpha value is 0.0700. The molecule has 2 rings (SSSR count). The second kappa shape index (κ2) is 7.10. The molecule has 0 saturated heterocycles. The summed E-state index contributed by atoms with van der Waals surface area (Å²) in [4.78, 5) is 1.18. The van der Waals surface area contributed by atoms with E-state index in [4.69, 9.17) is 0 Å². The van der Waals surface area contributed by atoms with Gasteiger partial charge in [-0.05, 0) is 73.0 Å². The summed E-state index contributed by atoms with van der Waals surface area (Å²) in [5, 5.41) is 3.00. The van der Waals surface area contributed by atoms with Crippen LogP contribution in [0.3, 0.4) is 0 Å². The van der Waals surface area contributed by atoms with Crippen molar-refractivity contribution in [3.63, 3.8) is 0 Å². The van der Waals surface area contributed by atoms with Crippen molar-refractivity contribution in [1.82, 2.24) is 5.32 Å². The van der Waals surface area contributed by atoms with Crippen LogP contribution in [0.2, 0.25) is 0 Å². The van der Waals surface area contributed by atoms with E-state index in [0.717, 1.165) is 4.88 Å². The molecule has 9 heteroatoms. The van der Waals surface area contributed by atoms with Gasteiger partial charge in [-0.1, -0.05) is 6.07 Å². The number of benzene rings is 1. The number of hydrogen-bond donors (Lipinski definition) is 2. The van der Waals surface area contributed by atoms with Crippen LogP contribution in [0.5, 0.6) is 0 Å². The summed E-state index contributed by atoms with van der Waals surface area (Å²) in [7, 11) is -1.84.